The van der Waals surface area contributed by atoms with Crippen molar-refractivity contribution in [1.29, 1.82) is 0 Å². The maximum atomic E-state index is 13.1. The van der Waals surface area contributed by atoms with Crippen LogP contribution in [0, 0.1) is 5.82 Å². The Hall–Kier alpha value is -3.32. The van der Waals surface area contributed by atoms with Gasteiger partial charge in [0.1, 0.15) is 11.6 Å². The van der Waals surface area contributed by atoms with E-state index in [1.807, 2.05) is 6.07 Å². The van der Waals surface area contributed by atoms with Gasteiger partial charge in [-0.1, -0.05) is 24.3 Å². The van der Waals surface area contributed by atoms with Crippen molar-refractivity contribution in [3.8, 4) is 0 Å². The van der Waals surface area contributed by atoms with Gasteiger partial charge in [0.25, 0.3) is 5.56 Å². The average molecular weight is 407 g/mol. The van der Waals surface area contributed by atoms with Crippen LogP contribution >= 0.6 is 0 Å². The molecule has 0 aliphatic carbocycles. The number of para-hydroxylation sites is 1. The van der Waals surface area contributed by atoms with Crippen LogP contribution in [0.15, 0.2) is 59.4 Å². The fourth-order valence-electron chi connectivity index (χ4n) is 3.50. The summed E-state index contributed by atoms with van der Waals surface area (Å²) >= 11 is 0. The molecule has 1 atom stereocenters. The quantitative estimate of drug-likeness (QED) is 0.637. The van der Waals surface area contributed by atoms with Crippen molar-refractivity contribution in [3.63, 3.8) is 0 Å². The van der Waals surface area contributed by atoms with Gasteiger partial charge >= 0.3 is 0 Å². The first-order chi connectivity index (χ1) is 14.6. The Bertz CT molecular complexity index is 1120. The maximum Gasteiger partial charge on any atom is 0.258 e. The predicted octanol–water partition coefficient (Wildman–Crippen LogP) is 3.28. The van der Waals surface area contributed by atoms with Gasteiger partial charge in [0.2, 0.25) is 5.91 Å². The van der Waals surface area contributed by atoms with Gasteiger partial charge in [0, 0.05) is 19.2 Å². The van der Waals surface area contributed by atoms with Gasteiger partial charge in [0.15, 0.2) is 0 Å². The van der Waals surface area contributed by atoms with E-state index in [9.17, 15) is 14.0 Å². The summed E-state index contributed by atoms with van der Waals surface area (Å²) in [5, 5.41) is 0.509. The van der Waals surface area contributed by atoms with E-state index < -0.39 is 0 Å². The second-order valence-electron chi connectivity index (χ2n) is 7.27. The lowest BCUT2D eigenvalue weighted by Gasteiger charge is -2.24. The number of hydrogen-bond donors (Lipinski definition) is 1. The Kier molecular flexibility index (Phi) is 5.99. The summed E-state index contributed by atoms with van der Waals surface area (Å²) in [5.41, 5.74) is 1.07. The van der Waals surface area contributed by atoms with E-state index in [2.05, 4.69) is 9.97 Å². The highest BCUT2D eigenvalue weighted by atomic mass is 19.1. The van der Waals surface area contributed by atoms with E-state index in [-0.39, 0.29) is 29.9 Å². The third kappa shape index (κ3) is 4.80. The first-order valence-electron chi connectivity index (χ1n) is 9.90. The van der Waals surface area contributed by atoms with Crippen molar-refractivity contribution in [3.05, 3.63) is 82.2 Å². The Labute approximate surface area is 173 Å². The Morgan fingerprint density at radius 1 is 1.23 bits per heavy atom. The molecule has 7 heteroatoms. The zero-order valence-corrected chi connectivity index (χ0v) is 16.4. The van der Waals surface area contributed by atoms with Gasteiger partial charge in [-0.05, 0) is 48.7 Å². The molecule has 0 radical (unpaired) electrons. The monoisotopic (exact) mass is 407 g/mol. The van der Waals surface area contributed by atoms with Crippen molar-refractivity contribution in [2.75, 3.05) is 13.2 Å². The summed E-state index contributed by atoms with van der Waals surface area (Å²) in [7, 11) is 0. The lowest BCUT2D eigenvalue weighted by atomic mass is 10.2. The third-order valence-electron chi connectivity index (χ3n) is 5.05. The molecule has 6 nitrogen and oxygen atoms in total. The Morgan fingerprint density at radius 3 is 2.80 bits per heavy atom. The summed E-state index contributed by atoms with van der Waals surface area (Å²) in [5.74, 6) is -0.143. The van der Waals surface area contributed by atoms with Gasteiger partial charge in [-0.25, -0.2) is 9.37 Å². The standard InChI is InChI=1S/C23H22FN3O3/c24-17-10-7-16(8-11-17)9-12-22(28)27(14-18-4-3-13-30-18)15-21-25-20-6-2-1-5-19(20)23(29)26-21/h1-2,5-12,18H,3-4,13-15H2,(H,25,26,29). The highest BCUT2D eigenvalue weighted by Gasteiger charge is 2.22. The minimum Gasteiger partial charge on any atom is -0.376 e. The zero-order valence-electron chi connectivity index (χ0n) is 16.4. The highest BCUT2D eigenvalue weighted by molar-refractivity contribution is 5.91. The van der Waals surface area contributed by atoms with Gasteiger partial charge < -0.3 is 14.6 Å². The number of aromatic nitrogens is 2. The van der Waals surface area contributed by atoms with Gasteiger partial charge in [-0.2, -0.15) is 0 Å². The molecule has 0 saturated carbocycles. The molecule has 1 aliphatic rings. The lowest BCUT2D eigenvalue weighted by molar-refractivity contribution is -0.128. The van der Waals surface area contributed by atoms with E-state index >= 15 is 0 Å². The number of H-pyrrole nitrogens is 1. The average Bonchev–Trinajstić information content (AvgIpc) is 3.26. The third-order valence-corrected chi connectivity index (χ3v) is 5.05. The van der Waals surface area contributed by atoms with E-state index in [0.717, 1.165) is 18.4 Å². The molecule has 1 fully saturated rings. The number of nitrogens with one attached hydrogen (secondary N) is 1. The number of aromatic amines is 1. The summed E-state index contributed by atoms with van der Waals surface area (Å²) < 4.78 is 18.8. The molecule has 1 N–H and O–H groups in total. The summed E-state index contributed by atoms with van der Waals surface area (Å²) in [6.45, 7) is 1.25. The Morgan fingerprint density at radius 2 is 2.03 bits per heavy atom. The molecule has 30 heavy (non-hydrogen) atoms. The first-order valence-corrected chi connectivity index (χ1v) is 9.90. The lowest BCUT2D eigenvalue weighted by Crippen LogP contribution is -2.36. The van der Waals surface area contributed by atoms with Gasteiger partial charge in [0.05, 0.1) is 23.6 Å². The van der Waals surface area contributed by atoms with E-state index in [1.165, 1.54) is 18.2 Å². The molecule has 154 valence electrons. The number of benzene rings is 2. The number of nitrogens with zero attached hydrogens (tertiary/aromatic N) is 2. The molecular weight excluding hydrogens is 385 g/mol. The second kappa shape index (κ2) is 9.00. The summed E-state index contributed by atoms with van der Waals surface area (Å²) in [6, 6.07) is 13.0. The van der Waals surface area contributed by atoms with Crippen LogP contribution in [-0.4, -0.2) is 40.0 Å². The molecule has 3 aromatic rings. The van der Waals surface area contributed by atoms with Crippen LogP contribution < -0.4 is 5.56 Å². The van der Waals surface area contributed by atoms with Crippen LogP contribution in [0.4, 0.5) is 4.39 Å². The number of ether oxygens (including phenoxy) is 1. The minimum absolute atomic E-state index is 0.0413. The van der Waals surface area contributed by atoms with Crippen LogP contribution in [0.5, 0.6) is 0 Å². The van der Waals surface area contributed by atoms with Crippen molar-refractivity contribution < 1.29 is 13.9 Å². The number of fused-ring (bicyclic) bond motifs is 1. The molecule has 1 amide bonds. The smallest absolute Gasteiger partial charge is 0.258 e. The molecule has 0 bridgehead atoms. The van der Waals surface area contributed by atoms with Gasteiger partial charge in [-0.3, -0.25) is 9.59 Å². The van der Waals surface area contributed by atoms with Crippen molar-refractivity contribution >= 4 is 22.9 Å². The van der Waals surface area contributed by atoms with Crippen molar-refractivity contribution in [1.82, 2.24) is 14.9 Å². The zero-order chi connectivity index (χ0) is 20.9. The largest absolute Gasteiger partial charge is 0.376 e. The molecule has 1 aliphatic heterocycles. The fourth-order valence-corrected chi connectivity index (χ4v) is 3.50. The Balaban J connectivity index is 1.56. The summed E-state index contributed by atoms with van der Waals surface area (Å²) in [6.07, 6.45) is 4.89. The minimum atomic E-state index is -0.329. The van der Waals surface area contributed by atoms with Crippen LogP contribution in [0.3, 0.4) is 0 Å². The number of hydrogen-bond acceptors (Lipinski definition) is 4. The molecule has 1 unspecified atom stereocenters. The predicted molar refractivity (Wildman–Crippen MR) is 112 cm³/mol. The van der Waals surface area contributed by atoms with Crippen molar-refractivity contribution in [2.45, 2.75) is 25.5 Å². The number of carbonyl (C=O) groups is 1. The molecule has 2 heterocycles. The van der Waals surface area contributed by atoms with Crippen LogP contribution in [0.1, 0.15) is 24.2 Å². The number of rotatable bonds is 6. The van der Waals surface area contributed by atoms with Crippen LogP contribution in [-0.2, 0) is 16.1 Å². The second-order valence-corrected chi connectivity index (χ2v) is 7.27. The van der Waals surface area contributed by atoms with Crippen LogP contribution in [0.2, 0.25) is 0 Å². The van der Waals surface area contributed by atoms with E-state index in [4.69, 9.17) is 4.74 Å². The number of carbonyl (C=O) groups excluding carboxylic acids is 1. The molecule has 0 spiro atoms. The first kappa shape index (κ1) is 20.0. The van der Waals surface area contributed by atoms with Crippen LogP contribution in [0.25, 0.3) is 17.0 Å². The SMILES string of the molecule is O=C(C=Cc1ccc(F)cc1)N(Cc1nc2ccccc2c(=O)[nH]1)CC1CCCO1. The molecule has 4 rings (SSSR count). The fraction of sp³-hybridized carbons (Fsp3) is 0.261. The maximum absolute atomic E-state index is 13.1. The number of halogens is 1. The molecule has 2 aromatic carbocycles. The number of amides is 1. The highest BCUT2D eigenvalue weighted by Crippen LogP contribution is 2.16. The summed E-state index contributed by atoms with van der Waals surface area (Å²) in [4.78, 5) is 34.2. The molecule has 1 aromatic heterocycles. The van der Waals surface area contributed by atoms with E-state index in [0.29, 0.717) is 29.9 Å². The molecule has 1 saturated heterocycles. The van der Waals surface area contributed by atoms with Crippen molar-refractivity contribution in [2.24, 2.45) is 0 Å². The molecular formula is C23H22FN3O3. The normalized spacial score (nSPS) is 16.4. The van der Waals surface area contributed by atoms with Gasteiger partial charge in [-0.15, -0.1) is 0 Å². The topological polar surface area (TPSA) is 75.3 Å². The van der Waals surface area contributed by atoms with E-state index in [1.54, 1.807) is 41.3 Å².